The number of carbonyl (C=O) groups excluding carboxylic acids is 2. The van der Waals surface area contributed by atoms with Crippen LogP contribution in [-0.2, 0) is 27.3 Å². The summed E-state index contributed by atoms with van der Waals surface area (Å²) in [6.45, 7) is 3.99. The lowest BCUT2D eigenvalue weighted by Crippen LogP contribution is -2.42. The van der Waals surface area contributed by atoms with Gasteiger partial charge in [0.25, 0.3) is 0 Å². The van der Waals surface area contributed by atoms with Crippen LogP contribution in [0.5, 0.6) is 0 Å². The molecule has 2 aliphatic rings. The molecule has 1 amide bonds. The standard InChI is InChI=1S/C21H26Cl2N4O3/c1-30-17(28)11-14-9-13-10-16(22)19-18(20(23)25-24-19)15(13)12-27(21(14)29)8-7-26-5-3-2-4-6-26/h10,14H,2-9,11-12H2,1H3,(H,24,25). The van der Waals surface area contributed by atoms with Crippen molar-refractivity contribution in [3.63, 3.8) is 0 Å². The van der Waals surface area contributed by atoms with Crippen LogP contribution in [0.3, 0.4) is 0 Å². The van der Waals surface area contributed by atoms with Crippen LogP contribution in [0.4, 0.5) is 0 Å². The highest BCUT2D eigenvalue weighted by Crippen LogP contribution is 2.37. The van der Waals surface area contributed by atoms with Crippen LogP contribution in [0.1, 0.15) is 36.8 Å². The van der Waals surface area contributed by atoms with Crippen molar-refractivity contribution in [2.24, 2.45) is 5.92 Å². The molecule has 30 heavy (non-hydrogen) atoms. The van der Waals surface area contributed by atoms with Crippen molar-refractivity contribution in [3.8, 4) is 0 Å². The number of aromatic nitrogens is 2. The highest BCUT2D eigenvalue weighted by molar-refractivity contribution is 6.39. The maximum absolute atomic E-state index is 13.4. The number of aromatic amines is 1. The largest absolute Gasteiger partial charge is 0.469 e. The maximum Gasteiger partial charge on any atom is 0.306 e. The number of amides is 1. The second-order valence-corrected chi connectivity index (χ2v) is 8.89. The van der Waals surface area contributed by atoms with E-state index in [-0.39, 0.29) is 18.3 Å². The van der Waals surface area contributed by atoms with Crippen LogP contribution in [0, 0.1) is 5.92 Å². The van der Waals surface area contributed by atoms with E-state index in [1.165, 1.54) is 26.4 Å². The molecule has 1 aromatic heterocycles. The topological polar surface area (TPSA) is 78.5 Å². The number of hydrogen-bond donors (Lipinski definition) is 1. The van der Waals surface area contributed by atoms with E-state index in [2.05, 4.69) is 15.1 Å². The van der Waals surface area contributed by atoms with Crippen LogP contribution in [0.15, 0.2) is 6.07 Å². The van der Waals surface area contributed by atoms with Crippen molar-refractivity contribution in [2.45, 2.75) is 38.6 Å². The van der Waals surface area contributed by atoms with Gasteiger partial charge in [0, 0.05) is 25.0 Å². The molecule has 0 aliphatic carbocycles. The molecule has 1 saturated heterocycles. The molecule has 0 bridgehead atoms. The Morgan fingerprint density at radius 3 is 2.77 bits per heavy atom. The molecule has 4 rings (SSSR count). The number of nitrogens with one attached hydrogen (secondary N) is 1. The number of esters is 1. The number of rotatable bonds is 5. The second-order valence-electron chi connectivity index (χ2n) is 8.10. The summed E-state index contributed by atoms with van der Waals surface area (Å²) in [7, 11) is 1.34. The first-order valence-electron chi connectivity index (χ1n) is 10.4. The summed E-state index contributed by atoms with van der Waals surface area (Å²) in [5.74, 6) is -0.905. The number of hydrogen-bond acceptors (Lipinski definition) is 5. The van der Waals surface area contributed by atoms with Crippen LogP contribution < -0.4 is 0 Å². The van der Waals surface area contributed by atoms with Crippen molar-refractivity contribution < 1.29 is 14.3 Å². The molecule has 1 fully saturated rings. The third-order valence-electron chi connectivity index (χ3n) is 6.19. The average Bonchev–Trinajstić information content (AvgIpc) is 3.09. The molecule has 1 aromatic carbocycles. The van der Waals surface area contributed by atoms with E-state index in [0.29, 0.717) is 35.2 Å². The van der Waals surface area contributed by atoms with Gasteiger partial charge in [-0.15, -0.1) is 0 Å². The van der Waals surface area contributed by atoms with Gasteiger partial charge in [-0.05, 0) is 49.5 Å². The number of ether oxygens (including phenoxy) is 1. The Kier molecular flexibility index (Phi) is 6.51. The fourth-order valence-electron chi connectivity index (χ4n) is 4.56. The van der Waals surface area contributed by atoms with Crippen LogP contribution >= 0.6 is 23.2 Å². The fraction of sp³-hybridized carbons (Fsp3) is 0.571. The Balaban J connectivity index is 1.68. The minimum Gasteiger partial charge on any atom is -0.469 e. The fourth-order valence-corrected chi connectivity index (χ4v) is 5.07. The van der Waals surface area contributed by atoms with Crippen LogP contribution in [0.25, 0.3) is 10.9 Å². The first-order valence-corrected chi connectivity index (χ1v) is 11.1. The quantitative estimate of drug-likeness (QED) is 0.702. The van der Waals surface area contributed by atoms with E-state index >= 15 is 0 Å². The van der Waals surface area contributed by atoms with Gasteiger partial charge in [-0.2, -0.15) is 5.10 Å². The lowest BCUT2D eigenvalue weighted by atomic mass is 9.93. The van der Waals surface area contributed by atoms with Crippen LogP contribution in [-0.4, -0.2) is 65.2 Å². The number of carbonyl (C=O) groups is 2. The van der Waals surface area contributed by atoms with Crippen molar-refractivity contribution in [1.82, 2.24) is 20.0 Å². The van der Waals surface area contributed by atoms with Gasteiger partial charge in [-0.1, -0.05) is 29.6 Å². The minimum absolute atomic E-state index is 0.0301. The molecule has 7 nitrogen and oxygen atoms in total. The van der Waals surface area contributed by atoms with Crippen LogP contribution in [0.2, 0.25) is 10.2 Å². The molecule has 1 atom stereocenters. The van der Waals surface area contributed by atoms with E-state index in [1.54, 1.807) is 0 Å². The summed E-state index contributed by atoms with van der Waals surface area (Å²) in [5, 5.41) is 8.68. The Morgan fingerprint density at radius 2 is 2.03 bits per heavy atom. The number of methoxy groups -OCH3 is 1. The van der Waals surface area contributed by atoms with Crippen molar-refractivity contribution in [3.05, 3.63) is 27.4 Å². The number of nitrogens with zero attached hydrogens (tertiary/aromatic N) is 3. The zero-order valence-electron chi connectivity index (χ0n) is 17.0. The summed E-state index contributed by atoms with van der Waals surface area (Å²) in [6, 6.07) is 1.85. The third kappa shape index (κ3) is 4.29. The van der Waals surface area contributed by atoms with Gasteiger partial charge in [0.05, 0.1) is 24.5 Å². The summed E-state index contributed by atoms with van der Waals surface area (Å²) in [6.07, 6.45) is 4.13. The third-order valence-corrected chi connectivity index (χ3v) is 6.75. The zero-order valence-corrected chi connectivity index (χ0v) is 18.6. The normalized spacial score (nSPS) is 20.3. The average molecular weight is 453 g/mol. The number of H-pyrrole nitrogens is 1. The molecule has 0 radical (unpaired) electrons. The lowest BCUT2D eigenvalue weighted by Gasteiger charge is -2.30. The molecule has 1 unspecified atom stereocenters. The summed E-state index contributed by atoms with van der Waals surface area (Å²) >= 11 is 12.8. The van der Waals surface area contributed by atoms with Gasteiger partial charge in [0.2, 0.25) is 5.91 Å². The molecule has 9 heteroatoms. The Morgan fingerprint density at radius 1 is 1.27 bits per heavy atom. The molecule has 3 heterocycles. The monoisotopic (exact) mass is 452 g/mol. The second kappa shape index (κ2) is 9.12. The van der Waals surface area contributed by atoms with E-state index in [4.69, 9.17) is 27.9 Å². The Bertz CT molecular complexity index is 955. The molecule has 2 aliphatic heterocycles. The minimum atomic E-state index is -0.487. The summed E-state index contributed by atoms with van der Waals surface area (Å²) in [4.78, 5) is 29.6. The van der Waals surface area contributed by atoms with E-state index in [9.17, 15) is 9.59 Å². The van der Waals surface area contributed by atoms with Gasteiger partial charge < -0.3 is 14.5 Å². The van der Waals surface area contributed by atoms with Gasteiger partial charge in [0.1, 0.15) is 10.7 Å². The van der Waals surface area contributed by atoms with E-state index in [1.807, 2.05) is 11.0 Å². The highest BCUT2D eigenvalue weighted by atomic mass is 35.5. The van der Waals surface area contributed by atoms with E-state index < -0.39 is 5.92 Å². The summed E-state index contributed by atoms with van der Waals surface area (Å²) < 4.78 is 4.84. The van der Waals surface area contributed by atoms with E-state index in [0.717, 1.165) is 36.1 Å². The molecule has 0 saturated carbocycles. The molecular formula is C21H26Cl2N4O3. The number of piperidine rings is 1. The molecule has 2 aromatic rings. The highest BCUT2D eigenvalue weighted by Gasteiger charge is 2.33. The van der Waals surface area contributed by atoms with Gasteiger partial charge >= 0.3 is 5.97 Å². The van der Waals surface area contributed by atoms with Gasteiger partial charge in [0.15, 0.2) is 0 Å². The summed E-state index contributed by atoms with van der Waals surface area (Å²) in [5.41, 5.74) is 2.49. The van der Waals surface area contributed by atoms with Gasteiger partial charge in [-0.3, -0.25) is 14.7 Å². The van der Waals surface area contributed by atoms with Crippen molar-refractivity contribution in [1.29, 1.82) is 0 Å². The zero-order chi connectivity index (χ0) is 21.3. The number of likely N-dealkylation sites (tertiary alicyclic amines) is 1. The number of fused-ring (bicyclic) bond motifs is 3. The van der Waals surface area contributed by atoms with Gasteiger partial charge in [-0.25, -0.2) is 0 Å². The first kappa shape index (κ1) is 21.4. The van der Waals surface area contributed by atoms with Crippen molar-refractivity contribution in [2.75, 3.05) is 33.3 Å². The Hall–Kier alpha value is -1.83. The SMILES string of the molecule is COC(=O)CC1Cc2cc(Cl)c3n[nH]c(Cl)c3c2CN(CCN2CCCCC2)C1=O. The number of benzene rings is 1. The molecule has 0 spiro atoms. The first-order chi connectivity index (χ1) is 14.5. The lowest BCUT2D eigenvalue weighted by molar-refractivity contribution is -0.147. The Labute approximate surface area is 185 Å². The predicted octanol–water partition coefficient (Wildman–Crippen LogP) is 3.42. The number of halogens is 2. The molecule has 162 valence electrons. The van der Waals surface area contributed by atoms with Crippen molar-refractivity contribution >= 4 is 46.0 Å². The predicted molar refractivity (Wildman–Crippen MR) is 116 cm³/mol. The molecular weight excluding hydrogens is 427 g/mol. The molecule has 1 N–H and O–H groups in total. The smallest absolute Gasteiger partial charge is 0.306 e. The maximum atomic E-state index is 13.4.